The van der Waals surface area contributed by atoms with E-state index < -0.39 is 0 Å². The highest BCUT2D eigenvalue weighted by molar-refractivity contribution is 5.90. The molecule has 3 heterocycles. The fourth-order valence-corrected chi connectivity index (χ4v) is 2.14. The van der Waals surface area contributed by atoms with Gasteiger partial charge in [-0.15, -0.1) is 0 Å². The molecule has 3 aromatic rings. The van der Waals surface area contributed by atoms with E-state index in [-0.39, 0.29) is 5.54 Å². The molecule has 21 heavy (non-hydrogen) atoms. The number of aryl methyl sites for hydroxylation is 1. The van der Waals surface area contributed by atoms with Crippen LogP contribution in [0.15, 0.2) is 30.7 Å². The third-order valence-electron chi connectivity index (χ3n) is 3.04. The number of nitrogens with zero attached hydrogens (tertiary/aromatic N) is 5. The van der Waals surface area contributed by atoms with E-state index in [2.05, 4.69) is 46.1 Å². The zero-order chi connectivity index (χ0) is 15.0. The molecule has 0 fully saturated rings. The molecule has 108 valence electrons. The molecule has 0 unspecified atom stereocenters. The fourth-order valence-electron chi connectivity index (χ4n) is 2.14. The van der Waals surface area contributed by atoms with Crippen LogP contribution in [0, 0.1) is 0 Å². The van der Waals surface area contributed by atoms with Crippen molar-refractivity contribution in [2.45, 2.75) is 26.3 Å². The van der Waals surface area contributed by atoms with Crippen LogP contribution in [0.2, 0.25) is 0 Å². The average molecular weight is 282 g/mol. The lowest BCUT2D eigenvalue weighted by Gasteiger charge is -2.22. The minimum Gasteiger partial charge on any atom is -0.365 e. The minimum absolute atomic E-state index is 0.0890. The van der Waals surface area contributed by atoms with E-state index in [4.69, 9.17) is 0 Å². The van der Waals surface area contributed by atoms with Crippen molar-refractivity contribution in [2.24, 2.45) is 7.05 Å². The van der Waals surface area contributed by atoms with Crippen molar-refractivity contribution in [3.05, 3.63) is 30.7 Å². The van der Waals surface area contributed by atoms with Gasteiger partial charge in [0, 0.05) is 30.4 Å². The van der Waals surface area contributed by atoms with E-state index in [9.17, 15) is 0 Å². The fraction of sp³-hybridized carbons (Fsp3) is 0.333. The summed E-state index contributed by atoms with van der Waals surface area (Å²) in [6.45, 7) is 6.31. The van der Waals surface area contributed by atoms with Crippen LogP contribution in [-0.2, 0) is 7.05 Å². The molecule has 1 N–H and O–H groups in total. The van der Waals surface area contributed by atoms with Gasteiger partial charge in [-0.05, 0) is 32.9 Å². The predicted molar refractivity (Wildman–Crippen MR) is 82.9 cm³/mol. The number of anilines is 1. The summed E-state index contributed by atoms with van der Waals surface area (Å²) in [5.41, 5.74) is 1.60. The molecule has 3 aromatic heterocycles. The van der Waals surface area contributed by atoms with Crippen LogP contribution in [-0.4, -0.2) is 30.3 Å². The molecule has 0 atom stereocenters. The molecule has 0 aliphatic carbocycles. The van der Waals surface area contributed by atoms with E-state index in [1.807, 2.05) is 19.2 Å². The van der Waals surface area contributed by atoms with Gasteiger partial charge in [0.25, 0.3) is 0 Å². The van der Waals surface area contributed by atoms with Crippen LogP contribution in [0.3, 0.4) is 0 Å². The van der Waals surface area contributed by atoms with E-state index in [0.29, 0.717) is 5.82 Å². The summed E-state index contributed by atoms with van der Waals surface area (Å²) in [4.78, 5) is 13.4. The number of aromatic nitrogens is 5. The number of pyridine rings is 1. The highest BCUT2D eigenvalue weighted by Crippen LogP contribution is 2.25. The van der Waals surface area contributed by atoms with Gasteiger partial charge in [-0.1, -0.05) is 0 Å². The van der Waals surface area contributed by atoms with Gasteiger partial charge in [-0.3, -0.25) is 9.67 Å². The Morgan fingerprint density at radius 2 is 1.90 bits per heavy atom. The summed E-state index contributed by atoms with van der Waals surface area (Å²) in [7, 11) is 1.88. The van der Waals surface area contributed by atoms with E-state index in [0.717, 1.165) is 22.4 Å². The van der Waals surface area contributed by atoms with Crippen molar-refractivity contribution in [1.82, 2.24) is 24.7 Å². The Morgan fingerprint density at radius 3 is 2.57 bits per heavy atom. The van der Waals surface area contributed by atoms with Gasteiger partial charge < -0.3 is 5.32 Å². The normalized spacial score (nSPS) is 11.8. The number of rotatable bonds is 2. The zero-order valence-corrected chi connectivity index (χ0v) is 12.6. The summed E-state index contributed by atoms with van der Waals surface area (Å²) in [6, 6.07) is 3.83. The Hall–Kier alpha value is -2.50. The average Bonchev–Trinajstić information content (AvgIpc) is 2.83. The van der Waals surface area contributed by atoms with Crippen LogP contribution < -0.4 is 5.32 Å². The molecule has 6 nitrogen and oxygen atoms in total. The van der Waals surface area contributed by atoms with E-state index >= 15 is 0 Å². The monoisotopic (exact) mass is 282 g/mol. The van der Waals surface area contributed by atoms with Crippen molar-refractivity contribution >= 4 is 16.7 Å². The molecular formula is C15H18N6. The molecule has 0 amide bonds. The van der Waals surface area contributed by atoms with Crippen molar-refractivity contribution in [2.75, 3.05) is 5.32 Å². The lowest BCUT2D eigenvalue weighted by molar-refractivity contribution is 0.631. The first-order valence-electron chi connectivity index (χ1n) is 6.82. The standard InChI is InChI=1S/C15H18N6/c1-15(2,3)20-13-10-5-7-16-9-11(10)18-14(19-13)12-6-8-17-21(12)4/h5-9H,1-4H3,(H,18,19,20). The number of hydrogen-bond acceptors (Lipinski definition) is 5. The highest BCUT2D eigenvalue weighted by Gasteiger charge is 2.16. The lowest BCUT2D eigenvalue weighted by atomic mass is 10.1. The van der Waals surface area contributed by atoms with Gasteiger partial charge >= 0.3 is 0 Å². The molecule has 0 spiro atoms. The molecule has 6 heteroatoms. The summed E-state index contributed by atoms with van der Waals surface area (Å²) in [5.74, 6) is 1.45. The molecule has 0 aliphatic heterocycles. The predicted octanol–water partition coefficient (Wildman–Crippen LogP) is 2.64. The Balaban J connectivity index is 2.22. The lowest BCUT2D eigenvalue weighted by Crippen LogP contribution is -2.27. The van der Waals surface area contributed by atoms with Gasteiger partial charge in [0.2, 0.25) is 0 Å². The molecule has 0 bridgehead atoms. The summed E-state index contributed by atoms with van der Waals surface area (Å²) < 4.78 is 1.76. The Labute approximate surface area is 123 Å². The molecule has 0 saturated carbocycles. The third kappa shape index (κ3) is 2.69. The molecule has 3 rings (SSSR count). The van der Waals surface area contributed by atoms with Crippen molar-refractivity contribution in [3.63, 3.8) is 0 Å². The number of hydrogen-bond donors (Lipinski definition) is 1. The van der Waals surface area contributed by atoms with Gasteiger partial charge in [0.05, 0.1) is 11.7 Å². The van der Waals surface area contributed by atoms with E-state index in [1.165, 1.54) is 0 Å². The zero-order valence-electron chi connectivity index (χ0n) is 12.6. The number of nitrogens with one attached hydrogen (secondary N) is 1. The van der Waals surface area contributed by atoms with Crippen LogP contribution in [0.1, 0.15) is 20.8 Å². The maximum Gasteiger partial charge on any atom is 0.180 e. The first-order chi connectivity index (χ1) is 9.94. The smallest absolute Gasteiger partial charge is 0.180 e. The summed E-state index contributed by atoms with van der Waals surface area (Å²) >= 11 is 0. The largest absolute Gasteiger partial charge is 0.365 e. The maximum atomic E-state index is 4.68. The van der Waals surface area contributed by atoms with Gasteiger partial charge in [-0.25, -0.2) is 9.97 Å². The second-order valence-electron chi connectivity index (χ2n) is 6.00. The van der Waals surface area contributed by atoms with Gasteiger partial charge in [0.1, 0.15) is 11.5 Å². The molecule has 0 aromatic carbocycles. The molecular weight excluding hydrogens is 264 g/mol. The van der Waals surface area contributed by atoms with E-state index in [1.54, 1.807) is 23.3 Å². The molecule has 0 radical (unpaired) electrons. The second-order valence-corrected chi connectivity index (χ2v) is 6.00. The van der Waals surface area contributed by atoms with Crippen LogP contribution in [0.4, 0.5) is 5.82 Å². The van der Waals surface area contributed by atoms with Crippen LogP contribution >= 0.6 is 0 Å². The first kappa shape index (κ1) is 13.5. The SMILES string of the molecule is Cn1nccc1-c1nc(NC(C)(C)C)c2ccncc2n1. The first-order valence-corrected chi connectivity index (χ1v) is 6.82. The maximum absolute atomic E-state index is 4.68. The van der Waals surface area contributed by atoms with Crippen molar-refractivity contribution in [1.29, 1.82) is 0 Å². The third-order valence-corrected chi connectivity index (χ3v) is 3.04. The van der Waals surface area contributed by atoms with Gasteiger partial charge in [0.15, 0.2) is 5.82 Å². The van der Waals surface area contributed by atoms with Crippen LogP contribution in [0.5, 0.6) is 0 Å². The molecule has 0 saturated heterocycles. The summed E-state index contributed by atoms with van der Waals surface area (Å²) in [5, 5.41) is 8.58. The number of fused-ring (bicyclic) bond motifs is 1. The van der Waals surface area contributed by atoms with Crippen molar-refractivity contribution in [3.8, 4) is 11.5 Å². The topological polar surface area (TPSA) is 68.5 Å². The second kappa shape index (κ2) is 4.80. The Kier molecular flexibility index (Phi) is 3.08. The highest BCUT2D eigenvalue weighted by atomic mass is 15.3. The Bertz CT molecular complexity index is 784. The van der Waals surface area contributed by atoms with Gasteiger partial charge in [-0.2, -0.15) is 5.10 Å². The quantitative estimate of drug-likeness (QED) is 0.782. The summed E-state index contributed by atoms with van der Waals surface area (Å²) in [6.07, 6.45) is 5.25. The Morgan fingerprint density at radius 1 is 1.10 bits per heavy atom. The minimum atomic E-state index is -0.0890. The van der Waals surface area contributed by atoms with Crippen LogP contribution in [0.25, 0.3) is 22.4 Å². The molecule has 0 aliphatic rings. The van der Waals surface area contributed by atoms with Crippen molar-refractivity contribution < 1.29 is 0 Å².